The number of nitrogens with one attached hydrogen (secondary N) is 1. The second kappa shape index (κ2) is 5.02. The second-order valence-corrected chi connectivity index (χ2v) is 5.98. The van der Waals surface area contributed by atoms with Crippen molar-refractivity contribution in [1.29, 1.82) is 0 Å². The molecule has 20 heavy (non-hydrogen) atoms. The number of thiazole rings is 1. The Morgan fingerprint density at radius 1 is 1.60 bits per heavy atom. The molecule has 0 aromatic carbocycles. The van der Waals surface area contributed by atoms with Crippen molar-refractivity contribution in [2.75, 3.05) is 18.5 Å². The Balaban J connectivity index is 1.79. The number of carbonyl (C=O) groups excluding carboxylic acids is 1. The molecule has 8 heteroatoms. The van der Waals surface area contributed by atoms with E-state index in [1.54, 1.807) is 9.58 Å². The zero-order valence-corrected chi connectivity index (χ0v) is 12.3. The molecule has 2 amide bonds. The minimum atomic E-state index is -0.189. The summed E-state index contributed by atoms with van der Waals surface area (Å²) < 4.78 is 2.70. The molecule has 0 bridgehead atoms. The predicted octanol–water partition coefficient (Wildman–Crippen LogP) is 1.33. The number of aliphatic hydroxyl groups excluding tert-OH is 1. The van der Waals surface area contributed by atoms with Crippen LogP contribution >= 0.6 is 11.3 Å². The Kier molecular flexibility index (Phi) is 3.35. The molecule has 3 rings (SSSR count). The van der Waals surface area contributed by atoms with Crippen LogP contribution in [0.25, 0.3) is 10.3 Å². The van der Waals surface area contributed by atoms with Gasteiger partial charge in [0, 0.05) is 13.6 Å². The number of likely N-dealkylation sites (tertiary alicyclic amines) is 1. The quantitative estimate of drug-likeness (QED) is 0.875. The molecule has 2 aromatic heterocycles. The molecular weight excluding hydrogens is 278 g/mol. The summed E-state index contributed by atoms with van der Waals surface area (Å²) in [5.41, 5.74) is 1.69. The Bertz CT molecular complexity index is 615. The summed E-state index contributed by atoms with van der Waals surface area (Å²) in [6, 6.07) is -0.265. The zero-order chi connectivity index (χ0) is 14.3. The lowest BCUT2D eigenvalue weighted by Gasteiger charge is -2.22. The van der Waals surface area contributed by atoms with E-state index < -0.39 is 0 Å². The molecule has 1 atom stereocenters. The van der Waals surface area contributed by atoms with Gasteiger partial charge in [0.25, 0.3) is 0 Å². The Morgan fingerprint density at radius 2 is 2.40 bits per heavy atom. The molecule has 1 fully saturated rings. The lowest BCUT2D eigenvalue weighted by molar-refractivity contribution is 0.166. The molecule has 0 saturated carbocycles. The summed E-state index contributed by atoms with van der Waals surface area (Å²) in [4.78, 5) is 18.3. The fraction of sp³-hybridized carbons (Fsp3) is 0.583. The summed E-state index contributed by atoms with van der Waals surface area (Å²) in [7, 11) is 1.84. The summed E-state index contributed by atoms with van der Waals surface area (Å²) >= 11 is 1.43. The zero-order valence-electron chi connectivity index (χ0n) is 11.5. The number of hydrogen-bond acceptors (Lipinski definition) is 5. The lowest BCUT2D eigenvalue weighted by atomic mass is 10.2. The van der Waals surface area contributed by atoms with E-state index in [1.807, 2.05) is 14.0 Å². The summed E-state index contributed by atoms with van der Waals surface area (Å²) in [6.45, 7) is 2.62. The van der Waals surface area contributed by atoms with Crippen molar-refractivity contribution in [3.63, 3.8) is 0 Å². The number of urea groups is 1. The fourth-order valence-corrected chi connectivity index (χ4v) is 3.52. The standard InChI is InChI=1S/C12H17N5O2S/c1-7-9-10(16(2)15-7)13-11(20-9)14-12(19)17-5-3-4-8(17)6-18/h8,18H,3-6H2,1-2H3,(H,13,14,19)/t8-/m1/s1. The number of carbonyl (C=O) groups is 1. The molecule has 2 N–H and O–H groups in total. The molecule has 1 aliphatic rings. The number of aliphatic hydroxyl groups is 1. The van der Waals surface area contributed by atoms with Gasteiger partial charge < -0.3 is 10.0 Å². The molecule has 0 aliphatic carbocycles. The second-order valence-electron chi connectivity index (χ2n) is 4.98. The van der Waals surface area contributed by atoms with Gasteiger partial charge in [0.2, 0.25) is 0 Å². The third kappa shape index (κ3) is 2.14. The first-order valence-corrected chi connectivity index (χ1v) is 7.40. The molecule has 3 heterocycles. The van der Waals surface area contributed by atoms with Gasteiger partial charge in [-0.15, -0.1) is 0 Å². The SMILES string of the molecule is Cc1nn(C)c2nc(NC(=O)N3CCC[C@@H]3CO)sc12. The van der Waals surface area contributed by atoms with E-state index in [2.05, 4.69) is 15.4 Å². The van der Waals surface area contributed by atoms with Gasteiger partial charge >= 0.3 is 6.03 Å². The average molecular weight is 295 g/mol. The van der Waals surface area contributed by atoms with E-state index >= 15 is 0 Å². The van der Waals surface area contributed by atoms with Gasteiger partial charge in [0.15, 0.2) is 10.8 Å². The first kappa shape index (κ1) is 13.3. The maximum Gasteiger partial charge on any atom is 0.323 e. The normalized spacial score (nSPS) is 18.9. The molecule has 0 unspecified atom stereocenters. The van der Waals surface area contributed by atoms with Gasteiger partial charge in [0.1, 0.15) is 0 Å². The number of rotatable bonds is 2. The van der Waals surface area contributed by atoms with Crippen molar-refractivity contribution in [3.05, 3.63) is 5.69 Å². The van der Waals surface area contributed by atoms with Crippen LogP contribution in [0.1, 0.15) is 18.5 Å². The van der Waals surface area contributed by atoms with E-state index in [-0.39, 0.29) is 18.7 Å². The molecule has 0 spiro atoms. The van der Waals surface area contributed by atoms with E-state index in [0.717, 1.165) is 28.9 Å². The van der Waals surface area contributed by atoms with Gasteiger partial charge in [-0.3, -0.25) is 5.32 Å². The highest BCUT2D eigenvalue weighted by molar-refractivity contribution is 7.22. The number of fused-ring (bicyclic) bond motifs is 1. The smallest absolute Gasteiger partial charge is 0.323 e. The monoisotopic (exact) mass is 295 g/mol. The maximum atomic E-state index is 12.2. The summed E-state index contributed by atoms with van der Waals surface area (Å²) in [6.07, 6.45) is 1.79. The molecule has 1 saturated heterocycles. The van der Waals surface area contributed by atoms with Crippen molar-refractivity contribution < 1.29 is 9.90 Å². The highest BCUT2D eigenvalue weighted by Crippen LogP contribution is 2.28. The largest absolute Gasteiger partial charge is 0.394 e. The van der Waals surface area contributed by atoms with Gasteiger partial charge in [-0.2, -0.15) is 10.1 Å². The minimum absolute atomic E-state index is 0.0102. The van der Waals surface area contributed by atoms with Crippen LogP contribution in [0.3, 0.4) is 0 Å². The van der Waals surface area contributed by atoms with Crippen LogP contribution in [0.15, 0.2) is 0 Å². The molecule has 108 valence electrons. The van der Waals surface area contributed by atoms with Crippen LogP contribution < -0.4 is 5.32 Å². The third-order valence-electron chi connectivity index (χ3n) is 3.61. The molecule has 7 nitrogen and oxygen atoms in total. The topological polar surface area (TPSA) is 83.3 Å². The highest BCUT2D eigenvalue weighted by atomic mass is 32.1. The first-order valence-electron chi connectivity index (χ1n) is 6.58. The van der Waals surface area contributed by atoms with Gasteiger partial charge in [0.05, 0.1) is 23.0 Å². The van der Waals surface area contributed by atoms with Gasteiger partial charge in [-0.05, 0) is 19.8 Å². The molecule has 0 radical (unpaired) electrons. The van der Waals surface area contributed by atoms with E-state index in [1.165, 1.54) is 11.3 Å². The molecular formula is C12H17N5O2S. The number of hydrogen-bond donors (Lipinski definition) is 2. The summed E-state index contributed by atoms with van der Waals surface area (Å²) in [5, 5.41) is 16.9. The first-order chi connectivity index (χ1) is 9.60. The number of amides is 2. The fourth-order valence-electron chi connectivity index (χ4n) is 2.59. The van der Waals surface area contributed by atoms with Crippen LogP contribution in [0, 0.1) is 6.92 Å². The van der Waals surface area contributed by atoms with Crippen molar-refractivity contribution in [2.24, 2.45) is 7.05 Å². The van der Waals surface area contributed by atoms with E-state index in [4.69, 9.17) is 0 Å². The van der Waals surface area contributed by atoms with E-state index in [9.17, 15) is 9.90 Å². The minimum Gasteiger partial charge on any atom is -0.394 e. The molecule has 2 aromatic rings. The number of aromatic nitrogens is 3. The number of aryl methyl sites for hydroxylation is 2. The van der Waals surface area contributed by atoms with Crippen LogP contribution in [0.4, 0.5) is 9.93 Å². The molecule has 1 aliphatic heterocycles. The average Bonchev–Trinajstić information content (AvgIpc) is 3.08. The Morgan fingerprint density at radius 3 is 3.10 bits per heavy atom. The number of anilines is 1. The van der Waals surface area contributed by atoms with E-state index in [0.29, 0.717) is 11.7 Å². The lowest BCUT2D eigenvalue weighted by Crippen LogP contribution is -2.40. The van der Waals surface area contributed by atoms with Crippen molar-refractivity contribution in [2.45, 2.75) is 25.8 Å². The number of nitrogens with zero attached hydrogens (tertiary/aromatic N) is 4. The van der Waals surface area contributed by atoms with Crippen molar-refractivity contribution in [1.82, 2.24) is 19.7 Å². The highest BCUT2D eigenvalue weighted by Gasteiger charge is 2.28. The predicted molar refractivity (Wildman–Crippen MR) is 77.0 cm³/mol. The van der Waals surface area contributed by atoms with Crippen LogP contribution in [0.5, 0.6) is 0 Å². The van der Waals surface area contributed by atoms with Gasteiger partial charge in [-0.1, -0.05) is 11.3 Å². The maximum absolute atomic E-state index is 12.2. The third-order valence-corrected chi connectivity index (χ3v) is 4.68. The van der Waals surface area contributed by atoms with Crippen molar-refractivity contribution >= 4 is 32.8 Å². The summed E-state index contributed by atoms with van der Waals surface area (Å²) in [5.74, 6) is 0. The van der Waals surface area contributed by atoms with Gasteiger partial charge in [-0.25, -0.2) is 9.48 Å². The van der Waals surface area contributed by atoms with Crippen LogP contribution in [-0.4, -0.2) is 50.0 Å². The van der Waals surface area contributed by atoms with Crippen molar-refractivity contribution in [3.8, 4) is 0 Å². The van der Waals surface area contributed by atoms with Crippen LogP contribution in [-0.2, 0) is 7.05 Å². The Hall–Kier alpha value is -1.67. The van der Waals surface area contributed by atoms with Crippen LogP contribution in [0.2, 0.25) is 0 Å². The Labute approximate surface area is 120 Å².